The quantitative estimate of drug-likeness (QED) is 0.633. The van der Waals surface area contributed by atoms with Crippen molar-refractivity contribution in [3.8, 4) is 0 Å². The van der Waals surface area contributed by atoms with Gasteiger partial charge < -0.3 is 15.4 Å². The van der Waals surface area contributed by atoms with Crippen LogP contribution in [0.1, 0.15) is 12.0 Å². The zero-order valence-electron chi connectivity index (χ0n) is 7.31. The van der Waals surface area contributed by atoms with E-state index in [1.807, 2.05) is 0 Å². The Morgan fingerprint density at radius 2 is 2.38 bits per heavy atom. The molecule has 1 heterocycles. The molecule has 0 spiro atoms. The van der Waals surface area contributed by atoms with Crippen LogP contribution in [-0.2, 0) is 13.1 Å². The van der Waals surface area contributed by atoms with E-state index in [9.17, 15) is 4.79 Å². The van der Waals surface area contributed by atoms with Crippen LogP contribution in [0.3, 0.4) is 0 Å². The van der Waals surface area contributed by atoms with Crippen LogP contribution in [0.15, 0.2) is 17.3 Å². The molecule has 0 saturated heterocycles. The van der Waals surface area contributed by atoms with E-state index in [-0.39, 0.29) is 18.7 Å². The number of aliphatic hydroxyl groups excluding tert-OH is 1. The van der Waals surface area contributed by atoms with E-state index in [2.05, 4.69) is 4.98 Å². The predicted molar refractivity (Wildman–Crippen MR) is 48.1 cm³/mol. The van der Waals surface area contributed by atoms with Gasteiger partial charge in [0.25, 0.3) is 5.56 Å². The Labute approximate surface area is 75.8 Å². The van der Waals surface area contributed by atoms with Gasteiger partial charge in [-0.15, -0.1) is 0 Å². The fourth-order valence-corrected chi connectivity index (χ4v) is 1.01. The van der Waals surface area contributed by atoms with Crippen molar-refractivity contribution in [3.63, 3.8) is 0 Å². The van der Waals surface area contributed by atoms with E-state index in [0.29, 0.717) is 18.5 Å². The van der Waals surface area contributed by atoms with E-state index in [1.54, 1.807) is 10.8 Å². The molecule has 1 aromatic rings. The van der Waals surface area contributed by atoms with Gasteiger partial charge in [0.05, 0.1) is 6.33 Å². The lowest BCUT2D eigenvalue weighted by Crippen LogP contribution is -2.19. The van der Waals surface area contributed by atoms with Crippen LogP contribution < -0.4 is 11.3 Å². The Morgan fingerprint density at radius 1 is 1.62 bits per heavy atom. The number of hydrogen-bond acceptors (Lipinski definition) is 4. The number of hydrogen-bond donors (Lipinski definition) is 2. The van der Waals surface area contributed by atoms with Crippen LogP contribution in [0, 0.1) is 0 Å². The highest BCUT2D eigenvalue weighted by atomic mass is 16.3. The molecule has 72 valence electrons. The first-order valence-corrected chi connectivity index (χ1v) is 4.14. The van der Waals surface area contributed by atoms with Crippen molar-refractivity contribution in [2.75, 3.05) is 6.61 Å². The molecule has 0 radical (unpaired) electrons. The third-order valence-corrected chi connectivity index (χ3v) is 1.71. The number of aromatic nitrogens is 2. The lowest BCUT2D eigenvalue weighted by Gasteiger charge is -2.04. The van der Waals surface area contributed by atoms with E-state index >= 15 is 0 Å². The molecule has 0 aliphatic rings. The van der Waals surface area contributed by atoms with Crippen molar-refractivity contribution in [1.29, 1.82) is 0 Å². The average molecular weight is 183 g/mol. The first kappa shape index (κ1) is 9.88. The van der Waals surface area contributed by atoms with Gasteiger partial charge in [-0.2, -0.15) is 4.98 Å². The van der Waals surface area contributed by atoms with Gasteiger partial charge in [-0.3, -0.25) is 4.79 Å². The smallest absolute Gasteiger partial charge is 0.277 e. The van der Waals surface area contributed by atoms with Crippen molar-refractivity contribution in [1.82, 2.24) is 9.55 Å². The number of aryl methyl sites for hydroxylation is 1. The fourth-order valence-electron chi connectivity index (χ4n) is 1.01. The summed E-state index contributed by atoms with van der Waals surface area (Å²) in [5, 5.41) is 8.59. The molecule has 0 atom stereocenters. The van der Waals surface area contributed by atoms with Crippen LogP contribution in [0.4, 0.5) is 0 Å². The molecule has 0 fully saturated rings. The largest absolute Gasteiger partial charge is 0.396 e. The molecule has 0 unspecified atom stereocenters. The summed E-state index contributed by atoms with van der Waals surface area (Å²) in [4.78, 5) is 14.7. The molecule has 0 amide bonds. The Hall–Kier alpha value is -1.20. The van der Waals surface area contributed by atoms with Crippen molar-refractivity contribution < 1.29 is 5.11 Å². The van der Waals surface area contributed by atoms with Crippen LogP contribution in [0.2, 0.25) is 0 Å². The summed E-state index contributed by atoms with van der Waals surface area (Å²) in [6.07, 6.45) is 3.77. The molecule has 0 saturated carbocycles. The zero-order valence-corrected chi connectivity index (χ0v) is 7.31. The second-order valence-corrected chi connectivity index (χ2v) is 2.72. The minimum Gasteiger partial charge on any atom is -0.396 e. The van der Waals surface area contributed by atoms with Crippen molar-refractivity contribution in [2.24, 2.45) is 5.73 Å². The molecule has 1 rings (SSSR count). The van der Waals surface area contributed by atoms with Gasteiger partial charge in [-0.25, -0.2) is 0 Å². The second kappa shape index (κ2) is 4.74. The molecule has 13 heavy (non-hydrogen) atoms. The third kappa shape index (κ3) is 2.64. The summed E-state index contributed by atoms with van der Waals surface area (Å²) in [5.74, 6) is 0. The maximum atomic E-state index is 11.0. The Kier molecular flexibility index (Phi) is 3.60. The SMILES string of the molecule is NCc1cn(CCCO)cnc1=O. The van der Waals surface area contributed by atoms with Crippen molar-refractivity contribution >= 4 is 0 Å². The molecular formula is C8H13N3O2. The fraction of sp³-hybridized carbons (Fsp3) is 0.500. The highest BCUT2D eigenvalue weighted by Crippen LogP contribution is 1.91. The first-order chi connectivity index (χ1) is 6.27. The van der Waals surface area contributed by atoms with Gasteiger partial charge in [0.1, 0.15) is 0 Å². The molecule has 0 aliphatic heterocycles. The monoisotopic (exact) mass is 183 g/mol. The maximum Gasteiger partial charge on any atom is 0.277 e. The van der Waals surface area contributed by atoms with Crippen LogP contribution in [0.5, 0.6) is 0 Å². The highest BCUT2D eigenvalue weighted by Gasteiger charge is 1.98. The molecule has 1 aromatic heterocycles. The number of nitrogens with zero attached hydrogens (tertiary/aromatic N) is 2. The molecular weight excluding hydrogens is 170 g/mol. The second-order valence-electron chi connectivity index (χ2n) is 2.72. The van der Waals surface area contributed by atoms with Crippen LogP contribution in [-0.4, -0.2) is 21.3 Å². The van der Waals surface area contributed by atoms with Gasteiger partial charge >= 0.3 is 0 Å². The Morgan fingerprint density at radius 3 is 3.00 bits per heavy atom. The van der Waals surface area contributed by atoms with Gasteiger partial charge in [0.2, 0.25) is 0 Å². The van der Waals surface area contributed by atoms with Crippen LogP contribution >= 0.6 is 0 Å². The van der Waals surface area contributed by atoms with Gasteiger partial charge in [0, 0.05) is 31.5 Å². The average Bonchev–Trinajstić information content (AvgIpc) is 2.16. The summed E-state index contributed by atoms with van der Waals surface area (Å²) in [6.45, 7) is 0.979. The summed E-state index contributed by atoms with van der Waals surface area (Å²) in [7, 11) is 0. The summed E-state index contributed by atoms with van der Waals surface area (Å²) < 4.78 is 1.75. The minimum absolute atomic E-state index is 0.129. The third-order valence-electron chi connectivity index (χ3n) is 1.71. The molecule has 5 heteroatoms. The lowest BCUT2D eigenvalue weighted by atomic mass is 10.3. The van der Waals surface area contributed by atoms with E-state index < -0.39 is 0 Å². The summed E-state index contributed by atoms with van der Waals surface area (Å²) in [5.41, 5.74) is 5.57. The standard InChI is InChI=1S/C8H13N3O2/c9-4-7-5-11(2-1-3-12)6-10-8(7)13/h5-6,12H,1-4,9H2. The maximum absolute atomic E-state index is 11.0. The number of nitrogens with two attached hydrogens (primary N) is 1. The zero-order chi connectivity index (χ0) is 9.68. The molecule has 0 bridgehead atoms. The number of rotatable bonds is 4. The van der Waals surface area contributed by atoms with Gasteiger partial charge in [-0.1, -0.05) is 0 Å². The summed E-state index contributed by atoms with van der Waals surface area (Å²) >= 11 is 0. The normalized spacial score (nSPS) is 10.3. The van der Waals surface area contributed by atoms with E-state index in [4.69, 9.17) is 10.8 Å². The molecule has 5 nitrogen and oxygen atoms in total. The lowest BCUT2D eigenvalue weighted by molar-refractivity contribution is 0.279. The van der Waals surface area contributed by atoms with Crippen molar-refractivity contribution in [3.05, 3.63) is 28.4 Å². The van der Waals surface area contributed by atoms with E-state index in [0.717, 1.165) is 0 Å². The minimum atomic E-state index is -0.275. The first-order valence-electron chi connectivity index (χ1n) is 4.14. The molecule has 3 N–H and O–H groups in total. The Balaban J connectivity index is 2.80. The van der Waals surface area contributed by atoms with Crippen molar-refractivity contribution in [2.45, 2.75) is 19.5 Å². The summed E-state index contributed by atoms with van der Waals surface area (Å²) in [6, 6.07) is 0. The number of aliphatic hydroxyl groups is 1. The molecule has 0 aromatic carbocycles. The van der Waals surface area contributed by atoms with E-state index in [1.165, 1.54) is 6.33 Å². The molecule has 0 aliphatic carbocycles. The topological polar surface area (TPSA) is 81.1 Å². The van der Waals surface area contributed by atoms with Crippen LogP contribution in [0.25, 0.3) is 0 Å². The highest BCUT2D eigenvalue weighted by molar-refractivity contribution is 5.03. The van der Waals surface area contributed by atoms with Gasteiger partial charge in [0.15, 0.2) is 0 Å². The Bertz CT molecular complexity index is 321. The predicted octanol–water partition coefficient (Wildman–Crippen LogP) is -0.916. The van der Waals surface area contributed by atoms with Gasteiger partial charge in [-0.05, 0) is 6.42 Å².